The normalized spacial score (nSPS) is 29.6. The van der Waals surface area contributed by atoms with E-state index in [0.29, 0.717) is 18.1 Å². The molecule has 108 valence electrons. The minimum Gasteiger partial charge on any atom is -0.339 e. The van der Waals surface area contributed by atoms with Crippen molar-refractivity contribution in [1.29, 1.82) is 0 Å². The number of likely N-dealkylation sites (tertiary alicyclic amines) is 1. The number of hydrogen-bond acceptors (Lipinski definition) is 2. The van der Waals surface area contributed by atoms with Crippen LogP contribution in [0.2, 0.25) is 0 Å². The van der Waals surface area contributed by atoms with E-state index in [1.54, 1.807) is 0 Å². The standard InChI is InChI=1S/C15H20BrN3O/c16-10-7-14(19(8-10)13-3-4-13)15(20)18-6-5-11-1-2-12(9-18)17-11/h7-8,11-13,17H,1-6,9H2. The number of carbonyl (C=O) groups excluding carboxylic acids is 1. The Morgan fingerprint density at radius 3 is 2.80 bits per heavy atom. The minimum absolute atomic E-state index is 0.206. The van der Waals surface area contributed by atoms with Gasteiger partial charge in [-0.05, 0) is 54.1 Å². The van der Waals surface area contributed by atoms with Gasteiger partial charge in [0.2, 0.25) is 0 Å². The van der Waals surface area contributed by atoms with Crippen LogP contribution >= 0.6 is 15.9 Å². The van der Waals surface area contributed by atoms with Gasteiger partial charge in [0.15, 0.2) is 0 Å². The van der Waals surface area contributed by atoms with Crippen molar-refractivity contribution in [2.45, 2.75) is 50.2 Å². The molecule has 1 aromatic rings. The van der Waals surface area contributed by atoms with Crippen LogP contribution in [0.25, 0.3) is 0 Å². The van der Waals surface area contributed by atoms with Gasteiger partial charge < -0.3 is 14.8 Å². The fraction of sp³-hybridized carbons (Fsp3) is 0.667. The van der Waals surface area contributed by atoms with Crippen LogP contribution in [-0.4, -0.2) is 40.5 Å². The molecule has 1 saturated carbocycles. The fourth-order valence-electron chi connectivity index (χ4n) is 3.56. The summed E-state index contributed by atoms with van der Waals surface area (Å²) < 4.78 is 3.19. The van der Waals surface area contributed by atoms with Crippen molar-refractivity contribution in [2.24, 2.45) is 0 Å². The molecule has 0 spiro atoms. The van der Waals surface area contributed by atoms with E-state index < -0.39 is 0 Å². The van der Waals surface area contributed by atoms with Crippen molar-refractivity contribution in [3.8, 4) is 0 Å². The van der Waals surface area contributed by atoms with Gasteiger partial charge in [0.25, 0.3) is 5.91 Å². The summed E-state index contributed by atoms with van der Waals surface area (Å²) in [6.07, 6.45) is 8.04. The Hall–Kier alpha value is -0.810. The number of aromatic nitrogens is 1. The van der Waals surface area contributed by atoms with Gasteiger partial charge in [-0.2, -0.15) is 0 Å². The van der Waals surface area contributed by atoms with Crippen molar-refractivity contribution >= 4 is 21.8 Å². The van der Waals surface area contributed by atoms with Crippen molar-refractivity contribution in [3.63, 3.8) is 0 Å². The maximum absolute atomic E-state index is 12.9. The molecule has 2 bridgehead atoms. The predicted molar refractivity (Wildman–Crippen MR) is 80.9 cm³/mol. The quantitative estimate of drug-likeness (QED) is 0.900. The van der Waals surface area contributed by atoms with E-state index in [9.17, 15) is 4.79 Å². The summed E-state index contributed by atoms with van der Waals surface area (Å²) in [5.41, 5.74) is 0.858. The lowest BCUT2D eigenvalue weighted by atomic mass is 10.1. The molecule has 0 aromatic carbocycles. The van der Waals surface area contributed by atoms with E-state index in [0.717, 1.165) is 29.7 Å². The molecule has 3 heterocycles. The zero-order valence-corrected chi connectivity index (χ0v) is 13.1. The number of nitrogens with one attached hydrogen (secondary N) is 1. The maximum atomic E-state index is 12.9. The van der Waals surface area contributed by atoms with Gasteiger partial charge >= 0.3 is 0 Å². The predicted octanol–water partition coefficient (Wildman–Crippen LogP) is 2.55. The largest absolute Gasteiger partial charge is 0.339 e. The summed E-state index contributed by atoms with van der Waals surface area (Å²) in [4.78, 5) is 14.9. The van der Waals surface area contributed by atoms with E-state index in [2.05, 4.69) is 36.9 Å². The fourth-order valence-corrected chi connectivity index (χ4v) is 4.00. The van der Waals surface area contributed by atoms with Crippen molar-refractivity contribution in [2.75, 3.05) is 13.1 Å². The average Bonchev–Trinajstić information content (AvgIpc) is 3.10. The average molecular weight is 338 g/mol. The van der Waals surface area contributed by atoms with Crippen molar-refractivity contribution in [3.05, 3.63) is 22.4 Å². The second-order valence-electron chi connectivity index (χ2n) is 6.36. The van der Waals surface area contributed by atoms with Gasteiger partial charge in [-0.25, -0.2) is 0 Å². The first-order valence-electron chi connectivity index (χ1n) is 7.63. The third-order valence-corrected chi connectivity index (χ3v) is 5.22. The molecule has 3 aliphatic rings. The Labute approximate surface area is 127 Å². The van der Waals surface area contributed by atoms with Crippen LogP contribution in [0.5, 0.6) is 0 Å². The molecule has 0 radical (unpaired) electrons. The lowest BCUT2D eigenvalue weighted by molar-refractivity contribution is 0.0737. The van der Waals surface area contributed by atoms with Crippen LogP contribution in [0.15, 0.2) is 16.7 Å². The van der Waals surface area contributed by atoms with Crippen LogP contribution in [0.3, 0.4) is 0 Å². The highest BCUT2D eigenvalue weighted by Gasteiger charge is 2.34. The molecule has 5 heteroatoms. The van der Waals surface area contributed by atoms with E-state index in [1.807, 2.05) is 6.07 Å². The number of amides is 1. The summed E-state index contributed by atoms with van der Waals surface area (Å²) in [7, 11) is 0. The lowest BCUT2D eigenvalue weighted by Crippen LogP contribution is -2.39. The number of nitrogens with zero attached hydrogens (tertiary/aromatic N) is 2. The van der Waals surface area contributed by atoms with Crippen LogP contribution in [0.4, 0.5) is 0 Å². The smallest absolute Gasteiger partial charge is 0.270 e. The summed E-state index contributed by atoms with van der Waals surface area (Å²) in [6, 6.07) is 3.65. The minimum atomic E-state index is 0.206. The molecule has 2 unspecified atom stereocenters. The van der Waals surface area contributed by atoms with Crippen LogP contribution in [0.1, 0.15) is 48.6 Å². The SMILES string of the molecule is O=C(c1cc(Br)cn1C1CC1)N1CCC2CCC(C1)N2. The van der Waals surface area contributed by atoms with Crippen LogP contribution < -0.4 is 5.32 Å². The molecule has 1 aliphatic carbocycles. The van der Waals surface area contributed by atoms with Crippen LogP contribution in [0, 0.1) is 0 Å². The Morgan fingerprint density at radius 1 is 1.20 bits per heavy atom. The Morgan fingerprint density at radius 2 is 2.00 bits per heavy atom. The molecule has 4 nitrogen and oxygen atoms in total. The van der Waals surface area contributed by atoms with Gasteiger partial charge in [0.1, 0.15) is 5.69 Å². The third kappa shape index (κ3) is 2.31. The highest BCUT2D eigenvalue weighted by Crippen LogP contribution is 2.38. The second kappa shape index (κ2) is 4.88. The number of hydrogen-bond donors (Lipinski definition) is 1. The molecule has 2 atom stereocenters. The Kier molecular flexibility index (Phi) is 3.15. The molecule has 3 fully saturated rings. The molecule has 1 amide bonds. The molecule has 1 N–H and O–H groups in total. The molecular weight excluding hydrogens is 318 g/mol. The van der Waals surface area contributed by atoms with Crippen molar-refractivity contribution < 1.29 is 4.79 Å². The lowest BCUT2D eigenvalue weighted by Gasteiger charge is -2.24. The monoisotopic (exact) mass is 337 g/mol. The second-order valence-corrected chi connectivity index (χ2v) is 7.28. The molecule has 1 aromatic heterocycles. The topological polar surface area (TPSA) is 37.3 Å². The van der Waals surface area contributed by atoms with E-state index >= 15 is 0 Å². The molecule has 2 saturated heterocycles. The molecular formula is C15H20BrN3O. The number of fused-ring (bicyclic) bond motifs is 2. The molecule has 4 rings (SSSR count). The Balaban J connectivity index is 1.57. The van der Waals surface area contributed by atoms with Crippen LogP contribution in [-0.2, 0) is 0 Å². The van der Waals surface area contributed by atoms with Gasteiger partial charge in [0, 0.05) is 41.9 Å². The van der Waals surface area contributed by atoms with Gasteiger partial charge in [-0.1, -0.05) is 0 Å². The zero-order valence-electron chi connectivity index (χ0n) is 11.5. The highest BCUT2D eigenvalue weighted by atomic mass is 79.9. The number of carbonyl (C=O) groups is 1. The zero-order chi connectivity index (χ0) is 13.7. The molecule has 20 heavy (non-hydrogen) atoms. The van der Waals surface area contributed by atoms with E-state index in [4.69, 9.17) is 0 Å². The maximum Gasteiger partial charge on any atom is 0.270 e. The summed E-state index contributed by atoms with van der Waals surface area (Å²) in [5.74, 6) is 0.206. The van der Waals surface area contributed by atoms with Gasteiger partial charge in [0.05, 0.1) is 0 Å². The highest BCUT2D eigenvalue weighted by molar-refractivity contribution is 9.10. The summed E-state index contributed by atoms with van der Waals surface area (Å²) in [5, 5.41) is 3.63. The Bertz CT molecular complexity index is 537. The summed E-state index contributed by atoms with van der Waals surface area (Å²) >= 11 is 3.52. The summed E-state index contributed by atoms with van der Waals surface area (Å²) in [6.45, 7) is 1.75. The number of halogens is 1. The first-order valence-corrected chi connectivity index (χ1v) is 8.43. The van der Waals surface area contributed by atoms with Gasteiger partial charge in [-0.3, -0.25) is 4.79 Å². The first kappa shape index (κ1) is 12.9. The van der Waals surface area contributed by atoms with Gasteiger partial charge in [-0.15, -0.1) is 0 Å². The third-order valence-electron chi connectivity index (χ3n) is 4.79. The van der Waals surface area contributed by atoms with E-state index in [1.165, 1.54) is 25.7 Å². The van der Waals surface area contributed by atoms with E-state index in [-0.39, 0.29) is 5.91 Å². The van der Waals surface area contributed by atoms with Crippen molar-refractivity contribution in [1.82, 2.24) is 14.8 Å². The molecule has 2 aliphatic heterocycles. The number of rotatable bonds is 2. The first-order chi connectivity index (χ1) is 9.70.